The van der Waals surface area contributed by atoms with Gasteiger partial charge < -0.3 is 19.7 Å². The Balaban J connectivity index is 1.59. The molecule has 1 saturated carbocycles. The zero-order valence-corrected chi connectivity index (χ0v) is 20.0. The number of benzene rings is 2. The number of methoxy groups -OCH3 is 2. The predicted octanol–water partition coefficient (Wildman–Crippen LogP) is 3.56. The SMILES string of the molecule is CNC(=O)N1N=C(c2ccc(N3C(=O)C4CCC3C4)cc2)c2cc(OC)c(OC)cc2CC1C. The summed E-state index contributed by atoms with van der Waals surface area (Å²) in [7, 11) is 4.82. The fourth-order valence-electron chi connectivity index (χ4n) is 5.46. The minimum absolute atomic E-state index is 0.161. The molecule has 2 aromatic rings. The zero-order chi connectivity index (χ0) is 24.0. The van der Waals surface area contributed by atoms with Gasteiger partial charge in [-0.1, -0.05) is 12.1 Å². The molecular formula is C26H30N4O4. The van der Waals surface area contributed by atoms with Gasteiger partial charge in [-0.25, -0.2) is 9.80 Å². The maximum atomic E-state index is 12.7. The van der Waals surface area contributed by atoms with Gasteiger partial charge in [0.1, 0.15) is 0 Å². The summed E-state index contributed by atoms with van der Waals surface area (Å²) in [6.07, 6.45) is 3.64. The van der Waals surface area contributed by atoms with Crippen molar-refractivity contribution >= 4 is 23.3 Å². The maximum Gasteiger partial charge on any atom is 0.337 e. The van der Waals surface area contributed by atoms with Gasteiger partial charge in [0.15, 0.2) is 11.5 Å². The molecular weight excluding hydrogens is 432 g/mol. The molecule has 3 aliphatic rings. The number of urea groups is 1. The van der Waals surface area contributed by atoms with Crippen LogP contribution in [-0.4, -0.2) is 56.0 Å². The number of nitrogens with one attached hydrogen (secondary N) is 1. The Morgan fingerprint density at radius 2 is 1.79 bits per heavy atom. The molecule has 3 atom stereocenters. The van der Waals surface area contributed by atoms with E-state index in [0.717, 1.165) is 41.6 Å². The van der Waals surface area contributed by atoms with Crippen molar-refractivity contribution in [1.82, 2.24) is 10.3 Å². The Labute approximate surface area is 199 Å². The number of nitrogens with zero attached hydrogens (tertiary/aromatic N) is 3. The van der Waals surface area contributed by atoms with Gasteiger partial charge in [-0.05, 0) is 62.4 Å². The lowest BCUT2D eigenvalue weighted by Gasteiger charge is -2.27. The smallest absolute Gasteiger partial charge is 0.337 e. The molecule has 1 N–H and O–H groups in total. The van der Waals surface area contributed by atoms with Crippen LogP contribution in [-0.2, 0) is 11.2 Å². The molecule has 8 nitrogen and oxygen atoms in total. The van der Waals surface area contributed by atoms with Crippen LogP contribution in [0.25, 0.3) is 0 Å². The summed E-state index contributed by atoms with van der Waals surface area (Å²) in [5.74, 6) is 1.65. The van der Waals surface area contributed by atoms with E-state index in [4.69, 9.17) is 14.6 Å². The van der Waals surface area contributed by atoms with Crippen molar-refractivity contribution in [1.29, 1.82) is 0 Å². The molecule has 2 heterocycles. The highest BCUT2D eigenvalue weighted by Gasteiger charge is 2.45. The lowest BCUT2D eigenvalue weighted by molar-refractivity contribution is -0.121. The van der Waals surface area contributed by atoms with Crippen LogP contribution in [0, 0.1) is 5.92 Å². The number of rotatable bonds is 4. The zero-order valence-electron chi connectivity index (χ0n) is 20.0. The number of fused-ring (bicyclic) bond motifs is 3. The summed E-state index contributed by atoms with van der Waals surface area (Å²) in [5.41, 5.74) is 4.35. The summed E-state index contributed by atoms with van der Waals surface area (Å²) in [4.78, 5) is 27.3. The third-order valence-electron chi connectivity index (χ3n) is 7.20. The molecule has 1 aliphatic carbocycles. The molecule has 2 aliphatic heterocycles. The average Bonchev–Trinajstić information content (AvgIpc) is 3.42. The van der Waals surface area contributed by atoms with Crippen LogP contribution < -0.4 is 19.7 Å². The standard InChI is InChI=1S/C26H30N4O4/c1-15-11-18-13-22(33-3)23(34-4)14-21(18)24(28-30(15)26(32)27-2)16-5-8-19(9-6-16)29-20-10-7-17(12-20)25(29)31/h5-6,8-9,13-15,17,20H,7,10-12H2,1-4H3,(H,27,32). The maximum absolute atomic E-state index is 12.7. The Kier molecular flexibility index (Phi) is 5.67. The van der Waals surface area contributed by atoms with Crippen molar-refractivity contribution in [2.75, 3.05) is 26.2 Å². The summed E-state index contributed by atoms with van der Waals surface area (Å²) >= 11 is 0. The molecule has 0 aromatic heterocycles. The summed E-state index contributed by atoms with van der Waals surface area (Å²) < 4.78 is 11.1. The van der Waals surface area contributed by atoms with E-state index in [1.807, 2.05) is 48.2 Å². The molecule has 8 heteroatoms. The first kappa shape index (κ1) is 22.3. The summed E-state index contributed by atoms with van der Waals surface area (Å²) in [6, 6.07) is 11.7. The van der Waals surface area contributed by atoms with Gasteiger partial charge in [0, 0.05) is 35.8 Å². The third-order valence-corrected chi connectivity index (χ3v) is 7.20. The van der Waals surface area contributed by atoms with Gasteiger partial charge in [-0.2, -0.15) is 5.10 Å². The number of carbonyl (C=O) groups excluding carboxylic acids is 2. The monoisotopic (exact) mass is 462 g/mol. The Morgan fingerprint density at radius 3 is 2.41 bits per heavy atom. The molecule has 2 aromatic carbocycles. The third kappa shape index (κ3) is 3.57. The number of ether oxygens (including phenoxy) is 2. The van der Waals surface area contributed by atoms with Gasteiger partial charge in [0.2, 0.25) is 5.91 Å². The molecule has 2 fully saturated rings. The lowest BCUT2D eigenvalue weighted by Crippen LogP contribution is -2.41. The molecule has 1 saturated heterocycles. The van der Waals surface area contributed by atoms with E-state index in [1.165, 1.54) is 5.01 Å². The predicted molar refractivity (Wildman–Crippen MR) is 130 cm³/mol. The first-order chi connectivity index (χ1) is 16.4. The van der Waals surface area contributed by atoms with Crippen molar-refractivity contribution in [3.63, 3.8) is 0 Å². The van der Waals surface area contributed by atoms with Crippen molar-refractivity contribution in [2.45, 2.75) is 44.7 Å². The fourth-order valence-corrected chi connectivity index (χ4v) is 5.46. The van der Waals surface area contributed by atoms with E-state index in [9.17, 15) is 9.59 Å². The first-order valence-electron chi connectivity index (χ1n) is 11.7. The highest BCUT2D eigenvalue weighted by molar-refractivity contribution is 6.15. The molecule has 3 amide bonds. The van der Waals surface area contributed by atoms with Crippen molar-refractivity contribution < 1.29 is 19.1 Å². The van der Waals surface area contributed by atoms with E-state index >= 15 is 0 Å². The highest BCUT2D eigenvalue weighted by Crippen LogP contribution is 2.41. The Bertz CT molecular complexity index is 1160. The average molecular weight is 463 g/mol. The highest BCUT2D eigenvalue weighted by atomic mass is 16.5. The summed E-state index contributed by atoms with van der Waals surface area (Å²) in [5, 5.41) is 8.99. The number of hydrazone groups is 1. The number of hydrogen-bond donors (Lipinski definition) is 1. The molecule has 5 rings (SSSR count). The van der Waals surface area contributed by atoms with Crippen LogP contribution >= 0.6 is 0 Å². The Hall–Kier alpha value is -3.55. The fraction of sp³-hybridized carbons (Fsp3) is 0.423. The number of carbonyl (C=O) groups is 2. The second-order valence-electron chi connectivity index (χ2n) is 9.18. The number of hydrogen-bond acceptors (Lipinski definition) is 5. The van der Waals surface area contributed by atoms with Crippen molar-refractivity contribution in [3.05, 3.63) is 53.1 Å². The van der Waals surface area contributed by atoms with Crippen molar-refractivity contribution in [3.8, 4) is 11.5 Å². The second-order valence-corrected chi connectivity index (χ2v) is 9.18. The molecule has 2 bridgehead atoms. The van der Waals surface area contributed by atoms with Crippen LogP contribution in [0.4, 0.5) is 10.5 Å². The largest absolute Gasteiger partial charge is 0.493 e. The molecule has 3 unspecified atom stereocenters. The molecule has 34 heavy (non-hydrogen) atoms. The number of amides is 3. The van der Waals surface area contributed by atoms with E-state index in [-0.39, 0.29) is 23.9 Å². The molecule has 0 spiro atoms. The van der Waals surface area contributed by atoms with Crippen LogP contribution in [0.15, 0.2) is 41.5 Å². The lowest BCUT2D eigenvalue weighted by atomic mass is 9.93. The van der Waals surface area contributed by atoms with E-state index in [2.05, 4.69) is 5.32 Å². The topological polar surface area (TPSA) is 83.5 Å². The quantitative estimate of drug-likeness (QED) is 0.753. The van der Waals surface area contributed by atoms with Gasteiger partial charge in [0.25, 0.3) is 0 Å². The van der Waals surface area contributed by atoms with Gasteiger partial charge >= 0.3 is 6.03 Å². The van der Waals surface area contributed by atoms with E-state index in [1.54, 1.807) is 21.3 Å². The van der Waals surface area contributed by atoms with Gasteiger partial charge in [-0.15, -0.1) is 0 Å². The minimum atomic E-state index is -0.271. The van der Waals surface area contributed by atoms with Gasteiger partial charge in [-0.3, -0.25) is 4.79 Å². The second kappa shape index (κ2) is 8.66. The first-order valence-corrected chi connectivity index (χ1v) is 11.7. The number of anilines is 1. The van der Waals surface area contributed by atoms with E-state index < -0.39 is 0 Å². The van der Waals surface area contributed by atoms with Crippen LogP contribution in [0.3, 0.4) is 0 Å². The molecule has 178 valence electrons. The summed E-state index contributed by atoms with van der Waals surface area (Å²) in [6.45, 7) is 1.97. The van der Waals surface area contributed by atoms with Crippen LogP contribution in [0.1, 0.15) is 42.9 Å². The Morgan fingerprint density at radius 1 is 1.09 bits per heavy atom. The molecule has 0 radical (unpaired) electrons. The normalized spacial score (nSPS) is 23.4. The van der Waals surface area contributed by atoms with E-state index in [0.29, 0.717) is 29.7 Å². The van der Waals surface area contributed by atoms with Gasteiger partial charge in [0.05, 0.1) is 26.0 Å². The van der Waals surface area contributed by atoms with Crippen LogP contribution in [0.5, 0.6) is 11.5 Å². The number of piperidine rings is 1. The van der Waals surface area contributed by atoms with Crippen LogP contribution in [0.2, 0.25) is 0 Å². The minimum Gasteiger partial charge on any atom is -0.493 e. The van der Waals surface area contributed by atoms with Crippen molar-refractivity contribution in [2.24, 2.45) is 11.0 Å².